The van der Waals surface area contributed by atoms with E-state index in [1.54, 1.807) is 21.7 Å². The summed E-state index contributed by atoms with van der Waals surface area (Å²) in [5.74, 6) is 0.756. The maximum Gasteiger partial charge on any atom is 0.247 e. The smallest absolute Gasteiger partial charge is 0.247 e. The minimum atomic E-state index is -0.935. The van der Waals surface area contributed by atoms with Crippen LogP contribution in [0.15, 0.2) is 36.4 Å². The molecule has 2 amide bonds. The van der Waals surface area contributed by atoms with Crippen molar-refractivity contribution in [3.8, 4) is 17.2 Å². The van der Waals surface area contributed by atoms with Crippen LogP contribution in [-0.2, 0) is 20.9 Å². The lowest BCUT2D eigenvalue weighted by atomic mass is 9.91. The van der Waals surface area contributed by atoms with Gasteiger partial charge in [-0.1, -0.05) is 36.6 Å². The Morgan fingerprint density at radius 1 is 1.02 bits per heavy atom. The number of rotatable bonds is 11. The molecule has 2 aliphatic rings. The highest BCUT2D eigenvalue weighted by Crippen LogP contribution is 2.42. The Hall–Kier alpha value is -3.86. The van der Waals surface area contributed by atoms with Crippen LogP contribution in [0.25, 0.3) is 11.0 Å². The summed E-state index contributed by atoms with van der Waals surface area (Å²) in [6, 6.07) is 9.98. The maximum atomic E-state index is 14.3. The molecule has 41 heavy (non-hydrogen) atoms. The number of fused-ring (bicyclic) bond motifs is 1. The lowest BCUT2D eigenvalue weighted by Gasteiger charge is -2.40. The van der Waals surface area contributed by atoms with Crippen LogP contribution < -0.4 is 19.5 Å². The number of amides is 2. The second-order valence-electron chi connectivity index (χ2n) is 10.6. The van der Waals surface area contributed by atoms with Gasteiger partial charge in [0.25, 0.3) is 0 Å². The average molecular weight is 566 g/mol. The number of nitrogens with one attached hydrogen (secondary N) is 1. The van der Waals surface area contributed by atoms with Crippen molar-refractivity contribution >= 4 is 22.8 Å². The van der Waals surface area contributed by atoms with E-state index in [0.29, 0.717) is 41.5 Å². The average Bonchev–Trinajstić information content (AvgIpc) is 3.68. The molecule has 1 saturated carbocycles. The molecule has 1 N–H and O–H groups in total. The number of hydrogen-bond acceptors (Lipinski definition) is 8. The molecule has 1 aliphatic heterocycles. The summed E-state index contributed by atoms with van der Waals surface area (Å²) >= 11 is 0. The normalized spacial score (nSPS) is 18.2. The molecule has 3 aromatic rings. The van der Waals surface area contributed by atoms with Crippen molar-refractivity contribution in [3.63, 3.8) is 0 Å². The van der Waals surface area contributed by atoms with Crippen molar-refractivity contribution in [3.05, 3.63) is 42.0 Å². The van der Waals surface area contributed by atoms with Crippen molar-refractivity contribution in [2.24, 2.45) is 0 Å². The quantitative estimate of drug-likeness (QED) is 0.375. The van der Waals surface area contributed by atoms with E-state index in [1.165, 1.54) is 21.3 Å². The van der Waals surface area contributed by atoms with Crippen molar-refractivity contribution in [2.75, 3.05) is 34.5 Å². The first-order valence-electron chi connectivity index (χ1n) is 14.3. The first kappa shape index (κ1) is 28.7. The number of aromatic nitrogens is 3. The van der Waals surface area contributed by atoms with Gasteiger partial charge in [-0.15, -0.1) is 5.10 Å². The molecule has 2 heterocycles. The second kappa shape index (κ2) is 13.2. The van der Waals surface area contributed by atoms with Gasteiger partial charge in [-0.25, -0.2) is 4.68 Å². The first-order chi connectivity index (χ1) is 20.0. The summed E-state index contributed by atoms with van der Waals surface area (Å²) in [5.41, 5.74) is 2.04. The summed E-state index contributed by atoms with van der Waals surface area (Å²) in [6.45, 7) is 1.02. The monoisotopic (exact) mass is 565 g/mol. The van der Waals surface area contributed by atoms with Crippen molar-refractivity contribution in [1.29, 1.82) is 0 Å². The molecule has 0 radical (unpaired) electrons. The molecular weight excluding hydrogens is 526 g/mol. The van der Waals surface area contributed by atoms with Crippen molar-refractivity contribution in [1.82, 2.24) is 25.2 Å². The van der Waals surface area contributed by atoms with Gasteiger partial charge in [0.1, 0.15) is 18.1 Å². The zero-order valence-corrected chi connectivity index (χ0v) is 24.0. The molecular formula is C30H39N5O6. The molecule has 2 atom stereocenters. The third-order valence-electron chi connectivity index (χ3n) is 8.02. The number of carbonyl (C=O) groups is 2. The summed E-state index contributed by atoms with van der Waals surface area (Å²) in [6.07, 6.45) is 6.51. The van der Waals surface area contributed by atoms with Crippen LogP contribution in [0, 0.1) is 0 Å². The fourth-order valence-corrected chi connectivity index (χ4v) is 5.98. The van der Waals surface area contributed by atoms with Crippen molar-refractivity contribution in [2.45, 2.75) is 69.7 Å². The van der Waals surface area contributed by atoms with Gasteiger partial charge in [0, 0.05) is 19.2 Å². The van der Waals surface area contributed by atoms with Gasteiger partial charge in [0.15, 0.2) is 11.5 Å². The van der Waals surface area contributed by atoms with Crippen LogP contribution in [0.1, 0.15) is 56.6 Å². The SMILES string of the molecule is COc1cc([C@H](C(=O)NC[C@@H]2CCCO2)N(C(=O)Cn2nnc3ccccc32)C2CCCCC2)cc(OC)c1OC. The van der Waals surface area contributed by atoms with Crippen molar-refractivity contribution < 1.29 is 28.5 Å². The Morgan fingerprint density at radius 2 is 1.76 bits per heavy atom. The lowest BCUT2D eigenvalue weighted by Crippen LogP contribution is -2.51. The number of hydrogen-bond donors (Lipinski definition) is 1. The highest BCUT2D eigenvalue weighted by molar-refractivity contribution is 5.90. The Labute approximate surface area is 240 Å². The topological polar surface area (TPSA) is 117 Å². The van der Waals surface area contributed by atoms with Crippen LogP contribution in [-0.4, -0.2) is 78.3 Å². The van der Waals surface area contributed by atoms with Crippen LogP contribution in [0.4, 0.5) is 0 Å². The second-order valence-corrected chi connectivity index (χ2v) is 10.6. The zero-order chi connectivity index (χ0) is 28.8. The molecule has 1 aliphatic carbocycles. The van der Waals surface area contributed by atoms with Gasteiger partial charge >= 0.3 is 0 Å². The molecule has 0 spiro atoms. The molecule has 0 bridgehead atoms. The summed E-state index contributed by atoms with van der Waals surface area (Å²) in [5, 5.41) is 11.6. The predicted octanol–water partition coefficient (Wildman–Crippen LogP) is 3.65. The molecule has 2 fully saturated rings. The molecule has 1 saturated heterocycles. The number of para-hydroxylation sites is 1. The highest BCUT2D eigenvalue weighted by atomic mass is 16.5. The fourth-order valence-electron chi connectivity index (χ4n) is 5.98. The molecule has 220 valence electrons. The number of benzene rings is 2. The van der Waals surface area contributed by atoms with Gasteiger partial charge in [-0.2, -0.15) is 0 Å². The third kappa shape index (κ3) is 6.24. The Bertz CT molecular complexity index is 1320. The minimum absolute atomic E-state index is 0.0418. The van der Waals surface area contributed by atoms with E-state index in [-0.39, 0.29) is 30.5 Å². The number of nitrogens with zero attached hydrogens (tertiary/aromatic N) is 4. The highest BCUT2D eigenvalue weighted by Gasteiger charge is 2.38. The molecule has 0 unspecified atom stereocenters. The van der Waals surface area contributed by atoms with E-state index >= 15 is 0 Å². The largest absolute Gasteiger partial charge is 0.493 e. The Morgan fingerprint density at radius 3 is 2.41 bits per heavy atom. The van der Waals surface area contributed by atoms with E-state index in [2.05, 4.69) is 15.6 Å². The molecule has 2 aromatic carbocycles. The van der Waals surface area contributed by atoms with E-state index in [9.17, 15) is 9.59 Å². The third-order valence-corrected chi connectivity index (χ3v) is 8.02. The van der Waals surface area contributed by atoms with Gasteiger partial charge < -0.3 is 29.2 Å². The molecule has 5 rings (SSSR count). The zero-order valence-electron chi connectivity index (χ0n) is 24.0. The maximum absolute atomic E-state index is 14.3. The van der Waals surface area contributed by atoms with E-state index in [0.717, 1.165) is 50.5 Å². The van der Waals surface area contributed by atoms with E-state index < -0.39 is 6.04 Å². The summed E-state index contributed by atoms with van der Waals surface area (Å²) in [7, 11) is 4.60. The van der Waals surface area contributed by atoms with Gasteiger partial charge in [-0.05, 0) is 55.5 Å². The number of methoxy groups -OCH3 is 3. The Kier molecular flexibility index (Phi) is 9.23. The standard InChI is InChI=1S/C30H39N5O6/c1-38-25-16-20(17-26(39-2)29(25)40-3)28(30(37)31-18-22-12-9-15-41-22)35(21-10-5-4-6-11-21)27(36)19-34-24-14-8-7-13-23(24)32-33-34/h7-8,13-14,16-17,21-22,28H,4-6,9-12,15,18-19H2,1-3H3,(H,31,37)/t22-,28+/m0/s1. The van der Waals surface area contributed by atoms with Crippen LogP contribution >= 0.6 is 0 Å². The van der Waals surface area contributed by atoms with E-state index in [1.807, 2.05) is 24.3 Å². The van der Waals surface area contributed by atoms with Crippen LogP contribution in [0.2, 0.25) is 0 Å². The summed E-state index contributed by atoms with van der Waals surface area (Å²) < 4.78 is 24.2. The van der Waals surface area contributed by atoms with Crippen LogP contribution in [0.5, 0.6) is 17.2 Å². The van der Waals surface area contributed by atoms with Crippen LogP contribution in [0.3, 0.4) is 0 Å². The molecule has 11 nitrogen and oxygen atoms in total. The first-order valence-corrected chi connectivity index (χ1v) is 14.3. The molecule has 11 heteroatoms. The minimum Gasteiger partial charge on any atom is -0.493 e. The summed E-state index contributed by atoms with van der Waals surface area (Å²) in [4.78, 5) is 30.2. The predicted molar refractivity (Wildman–Crippen MR) is 152 cm³/mol. The molecule has 1 aromatic heterocycles. The number of ether oxygens (including phenoxy) is 4. The van der Waals surface area contributed by atoms with E-state index in [4.69, 9.17) is 18.9 Å². The fraction of sp³-hybridized carbons (Fsp3) is 0.533. The van der Waals surface area contributed by atoms with Gasteiger partial charge in [0.05, 0.1) is 33.0 Å². The number of carbonyl (C=O) groups excluding carboxylic acids is 2. The van der Waals surface area contributed by atoms with Gasteiger partial charge in [0.2, 0.25) is 17.6 Å². The lowest BCUT2D eigenvalue weighted by molar-refractivity contribution is -0.145. The Balaban J connectivity index is 1.56. The van der Waals surface area contributed by atoms with Gasteiger partial charge in [-0.3, -0.25) is 9.59 Å².